The number of aromatic nitrogens is 2. The first-order valence-electron chi connectivity index (χ1n) is 6.04. The summed E-state index contributed by atoms with van der Waals surface area (Å²) in [7, 11) is 0. The van der Waals surface area contributed by atoms with E-state index in [9.17, 15) is 0 Å². The van der Waals surface area contributed by atoms with Crippen molar-refractivity contribution < 1.29 is 0 Å². The molecule has 1 aliphatic rings. The summed E-state index contributed by atoms with van der Waals surface area (Å²) in [6.45, 7) is 5.60. The van der Waals surface area contributed by atoms with Crippen molar-refractivity contribution in [3.8, 4) is 0 Å². The first-order valence-corrected chi connectivity index (χ1v) is 6.04. The average Bonchev–Trinajstić information content (AvgIpc) is 2.71. The molecule has 1 atom stereocenters. The summed E-state index contributed by atoms with van der Waals surface area (Å²) in [5.74, 6) is 1.61. The van der Waals surface area contributed by atoms with E-state index in [1.807, 2.05) is 18.2 Å². The lowest BCUT2D eigenvalue weighted by atomic mass is 10.1. The van der Waals surface area contributed by atoms with Crippen molar-refractivity contribution in [3.63, 3.8) is 0 Å². The number of anilines is 2. The van der Waals surface area contributed by atoms with Crippen molar-refractivity contribution in [2.24, 2.45) is 11.3 Å². The van der Waals surface area contributed by atoms with E-state index in [4.69, 9.17) is 5.73 Å². The van der Waals surface area contributed by atoms with Gasteiger partial charge >= 0.3 is 0 Å². The number of benzene rings is 1. The Morgan fingerprint density at radius 1 is 1.53 bits per heavy atom. The number of aromatic amines is 1. The van der Waals surface area contributed by atoms with Crippen LogP contribution in [0.25, 0.3) is 11.0 Å². The van der Waals surface area contributed by atoms with E-state index in [1.54, 1.807) is 0 Å². The lowest BCUT2D eigenvalue weighted by Gasteiger charge is -2.03. The van der Waals surface area contributed by atoms with E-state index >= 15 is 0 Å². The zero-order valence-electron chi connectivity index (χ0n) is 10.2. The highest BCUT2D eigenvalue weighted by molar-refractivity contribution is 5.80. The van der Waals surface area contributed by atoms with Crippen LogP contribution in [-0.4, -0.2) is 16.5 Å². The number of nitrogen functional groups attached to an aromatic ring is 1. The molecule has 2 aromatic rings. The number of nitrogens with one attached hydrogen (secondary N) is 2. The van der Waals surface area contributed by atoms with E-state index in [0.717, 1.165) is 35.1 Å². The number of hydrogen-bond donors (Lipinski definition) is 3. The highest BCUT2D eigenvalue weighted by Crippen LogP contribution is 2.51. The predicted molar refractivity (Wildman–Crippen MR) is 70.9 cm³/mol. The van der Waals surface area contributed by atoms with Gasteiger partial charge in [0, 0.05) is 12.2 Å². The van der Waals surface area contributed by atoms with E-state index in [-0.39, 0.29) is 0 Å². The molecule has 0 bridgehead atoms. The molecule has 3 rings (SSSR count). The van der Waals surface area contributed by atoms with Crippen molar-refractivity contribution in [1.82, 2.24) is 9.97 Å². The Labute approximate surface area is 101 Å². The fourth-order valence-electron chi connectivity index (χ4n) is 2.26. The fourth-order valence-corrected chi connectivity index (χ4v) is 2.26. The summed E-state index contributed by atoms with van der Waals surface area (Å²) in [6.07, 6.45) is 1.30. The molecule has 0 radical (unpaired) electrons. The summed E-state index contributed by atoms with van der Waals surface area (Å²) in [4.78, 5) is 7.72. The van der Waals surface area contributed by atoms with Crippen LogP contribution in [0.4, 0.5) is 11.6 Å². The standard InChI is InChI=1S/C13H18N4/c1-13(2)6-8(13)7-15-12-16-10-4-3-9(14)5-11(10)17-12/h3-5,8H,6-7,14H2,1-2H3,(H2,15,16,17). The summed E-state index contributed by atoms with van der Waals surface area (Å²) >= 11 is 0. The van der Waals surface area contributed by atoms with Crippen molar-refractivity contribution in [2.75, 3.05) is 17.6 Å². The topological polar surface area (TPSA) is 66.7 Å². The first kappa shape index (κ1) is 10.4. The van der Waals surface area contributed by atoms with Gasteiger partial charge in [-0.15, -0.1) is 0 Å². The maximum atomic E-state index is 5.73. The maximum Gasteiger partial charge on any atom is 0.201 e. The summed E-state index contributed by atoms with van der Waals surface area (Å²) < 4.78 is 0. The summed E-state index contributed by atoms with van der Waals surface area (Å²) in [5.41, 5.74) is 8.94. The molecule has 4 N–H and O–H groups in total. The molecule has 90 valence electrons. The van der Waals surface area contributed by atoms with Gasteiger partial charge in [-0.05, 0) is 36.0 Å². The maximum absolute atomic E-state index is 5.73. The van der Waals surface area contributed by atoms with E-state index in [2.05, 4.69) is 29.1 Å². The van der Waals surface area contributed by atoms with Gasteiger partial charge in [-0.1, -0.05) is 13.8 Å². The Hall–Kier alpha value is -1.71. The fraction of sp³-hybridized carbons (Fsp3) is 0.462. The van der Waals surface area contributed by atoms with E-state index in [0.29, 0.717) is 5.41 Å². The molecular formula is C13H18N4. The van der Waals surface area contributed by atoms with Crippen LogP contribution in [0.5, 0.6) is 0 Å². The van der Waals surface area contributed by atoms with Gasteiger partial charge < -0.3 is 16.0 Å². The van der Waals surface area contributed by atoms with Gasteiger partial charge in [0.1, 0.15) is 0 Å². The lowest BCUT2D eigenvalue weighted by Crippen LogP contribution is -2.08. The van der Waals surface area contributed by atoms with Crippen LogP contribution in [0, 0.1) is 11.3 Å². The summed E-state index contributed by atoms with van der Waals surface area (Å²) in [6, 6.07) is 5.72. The molecule has 17 heavy (non-hydrogen) atoms. The third-order valence-corrected chi connectivity index (χ3v) is 3.74. The Balaban J connectivity index is 1.73. The Morgan fingerprint density at radius 2 is 2.29 bits per heavy atom. The monoisotopic (exact) mass is 230 g/mol. The largest absolute Gasteiger partial charge is 0.399 e. The second-order valence-corrected chi connectivity index (χ2v) is 5.63. The van der Waals surface area contributed by atoms with Crippen molar-refractivity contribution >= 4 is 22.7 Å². The van der Waals surface area contributed by atoms with Gasteiger partial charge in [0.15, 0.2) is 0 Å². The molecule has 0 amide bonds. The predicted octanol–water partition coefficient (Wildman–Crippen LogP) is 2.60. The second-order valence-electron chi connectivity index (χ2n) is 5.63. The number of nitrogens with two attached hydrogens (primary N) is 1. The molecule has 4 nitrogen and oxygen atoms in total. The van der Waals surface area contributed by atoms with Gasteiger partial charge in [-0.2, -0.15) is 0 Å². The van der Waals surface area contributed by atoms with E-state index in [1.165, 1.54) is 6.42 Å². The number of hydrogen-bond acceptors (Lipinski definition) is 3. The molecular weight excluding hydrogens is 212 g/mol. The minimum absolute atomic E-state index is 0.503. The molecule has 1 unspecified atom stereocenters. The molecule has 1 aliphatic carbocycles. The van der Waals surface area contributed by atoms with Gasteiger partial charge in [-0.3, -0.25) is 0 Å². The van der Waals surface area contributed by atoms with Crippen LogP contribution < -0.4 is 11.1 Å². The minimum atomic E-state index is 0.503. The quantitative estimate of drug-likeness (QED) is 0.710. The van der Waals surface area contributed by atoms with Crippen LogP contribution >= 0.6 is 0 Å². The molecule has 1 heterocycles. The normalized spacial score (nSPS) is 21.6. The first-order chi connectivity index (χ1) is 8.04. The van der Waals surface area contributed by atoms with Crippen molar-refractivity contribution in [1.29, 1.82) is 0 Å². The minimum Gasteiger partial charge on any atom is -0.399 e. The third-order valence-electron chi connectivity index (χ3n) is 3.74. The number of nitrogens with zero attached hydrogens (tertiary/aromatic N) is 1. The smallest absolute Gasteiger partial charge is 0.201 e. The average molecular weight is 230 g/mol. The SMILES string of the molecule is CC1(C)CC1CNc1nc2ccc(N)cc2[nH]1. The number of H-pyrrole nitrogens is 1. The highest BCUT2D eigenvalue weighted by atomic mass is 15.1. The van der Waals surface area contributed by atoms with Crippen LogP contribution in [0.15, 0.2) is 18.2 Å². The Bertz CT molecular complexity index is 556. The van der Waals surface area contributed by atoms with Crippen LogP contribution in [0.3, 0.4) is 0 Å². The molecule has 0 saturated heterocycles. The van der Waals surface area contributed by atoms with Gasteiger partial charge in [0.25, 0.3) is 0 Å². The Morgan fingerprint density at radius 3 is 3.00 bits per heavy atom. The number of fused-ring (bicyclic) bond motifs is 1. The lowest BCUT2D eigenvalue weighted by molar-refractivity contribution is 0.572. The van der Waals surface area contributed by atoms with Gasteiger partial charge in [0.2, 0.25) is 5.95 Å². The Kier molecular flexibility index (Phi) is 2.08. The zero-order chi connectivity index (χ0) is 12.0. The molecule has 1 aromatic carbocycles. The van der Waals surface area contributed by atoms with Crippen molar-refractivity contribution in [2.45, 2.75) is 20.3 Å². The highest BCUT2D eigenvalue weighted by Gasteiger charge is 2.45. The van der Waals surface area contributed by atoms with Crippen LogP contribution in [0.1, 0.15) is 20.3 Å². The number of imidazole rings is 1. The second kappa shape index (κ2) is 3.39. The van der Waals surface area contributed by atoms with Crippen LogP contribution in [-0.2, 0) is 0 Å². The number of rotatable bonds is 3. The van der Waals surface area contributed by atoms with Crippen molar-refractivity contribution in [3.05, 3.63) is 18.2 Å². The van der Waals surface area contributed by atoms with E-state index < -0.39 is 0 Å². The van der Waals surface area contributed by atoms with Gasteiger partial charge in [-0.25, -0.2) is 4.98 Å². The molecule has 1 fully saturated rings. The van der Waals surface area contributed by atoms with Crippen LogP contribution in [0.2, 0.25) is 0 Å². The third kappa shape index (κ3) is 1.95. The molecule has 0 aliphatic heterocycles. The van der Waals surface area contributed by atoms with Gasteiger partial charge in [0.05, 0.1) is 11.0 Å². The molecule has 1 aromatic heterocycles. The molecule has 1 saturated carbocycles. The summed E-state index contributed by atoms with van der Waals surface area (Å²) in [5, 5.41) is 3.36. The molecule has 0 spiro atoms. The molecule has 4 heteroatoms. The zero-order valence-corrected chi connectivity index (χ0v) is 10.2.